The minimum atomic E-state index is -0.594. The van der Waals surface area contributed by atoms with Crippen molar-refractivity contribution >= 4 is 0 Å². The maximum absolute atomic E-state index is 9.25. The second-order valence-corrected chi connectivity index (χ2v) is 6.13. The quantitative estimate of drug-likeness (QED) is 0.794. The van der Waals surface area contributed by atoms with Gasteiger partial charge in [-0.05, 0) is 44.6 Å². The number of nitriles is 1. The smallest absolute Gasteiger partial charge is 0.119 e. The Hall–Kier alpha value is -0.590. The van der Waals surface area contributed by atoms with Crippen LogP contribution in [0.5, 0.6) is 0 Å². The first-order valence-corrected chi connectivity index (χ1v) is 7.03. The van der Waals surface area contributed by atoms with Gasteiger partial charge >= 0.3 is 0 Å². The van der Waals surface area contributed by atoms with Crippen LogP contribution in [0.25, 0.3) is 0 Å². The minimum absolute atomic E-state index is 0.446. The van der Waals surface area contributed by atoms with Gasteiger partial charge in [0.15, 0.2) is 0 Å². The Balaban J connectivity index is 1.79. The molecule has 17 heavy (non-hydrogen) atoms. The van der Waals surface area contributed by atoms with E-state index in [4.69, 9.17) is 5.73 Å². The fraction of sp³-hybridized carbons (Fsp3) is 0.929. The van der Waals surface area contributed by atoms with Crippen LogP contribution in [-0.4, -0.2) is 30.6 Å². The van der Waals surface area contributed by atoms with Crippen LogP contribution in [0.2, 0.25) is 0 Å². The molecule has 2 saturated carbocycles. The zero-order chi connectivity index (χ0) is 12.3. The lowest BCUT2D eigenvalue weighted by molar-refractivity contribution is 0.202. The lowest BCUT2D eigenvalue weighted by atomic mass is 9.88. The molecular formula is C14H25N3. The second-order valence-electron chi connectivity index (χ2n) is 6.13. The van der Waals surface area contributed by atoms with Crippen molar-refractivity contribution in [1.82, 2.24) is 4.90 Å². The van der Waals surface area contributed by atoms with Gasteiger partial charge in [-0.3, -0.25) is 0 Å². The van der Waals surface area contributed by atoms with Crippen molar-refractivity contribution in [1.29, 1.82) is 5.26 Å². The van der Waals surface area contributed by atoms with Gasteiger partial charge in [0, 0.05) is 13.1 Å². The van der Waals surface area contributed by atoms with E-state index in [1.165, 1.54) is 32.1 Å². The number of rotatable bonds is 5. The van der Waals surface area contributed by atoms with E-state index in [-0.39, 0.29) is 0 Å². The minimum Gasteiger partial charge on any atom is -0.312 e. The number of nitrogens with zero attached hydrogens (tertiary/aromatic N) is 2. The molecule has 3 heteroatoms. The van der Waals surface area contributed by atoms with Gasteiger partial charge in [0.1, 0.15) is 5.54 Å². The first kappa shape index (κ1) is 12.9. The highest BCUT2D eigenvalue weighted by Gasteiger charge is 2.43. The Morgan fingerprint density at radius 1 is 1.24 bits per heavy atom. The first-order valence-electron chi connectivity index (χ1n) is 7.03. The summed E-state index contributed by atoms with van der Waals surface area (Å²) in [4.78, 5) is 2.29. The van der Waals surface area contributed by atoms with E-state index >= 15 is 0 Å². The SMILES string of the molecule is CN(CC1CCCCC1)CC(N)(C#N)C1CC1. The monoisotopic (exact) mass is 235 g/mol. The van der Waals surface area contributed by atoms with Gasteiger partial charge in [-0.2, -0.15) is 5.26 Å². The van der Waals surface area contributed by atoms with Crippen molar-refractivity contribution in [3.8, 4) is 6.07 Å². The molecule has 2 aliphatic carbocycles. The molecule has 1 atom stereocenters. The van der Waals surface area contributed by atoms with Crippen molar-refractivity contribution in [2.24, 2.45) is 17.6 Å². The lowest BCUT2D eigenvalue weighted by Crippen LogP contribution is -2.50. The maximum atomic E-state index is 9.25. The summed E-state index contributed by atoms with van der Waals surface area (Å²) in [6.45, 7) is 1.86. The Bertz CT molecular complexity index is 286. The van der Waals surface area contributed by atoms with Crippen LogP contribution in [0.1, 0.15) is 44.9 Å². The molecule has 0 bridgehead atoms. The first-order chi connectivity index (χ1) is 8.14. The largest absolute Gasteiger partial charge is 0.312 e. The molecule has 0 aliphatic heterocycles. The Morgan fingerprint density at radius 3 is 2.41 bits per heavy atom. The molecule has 0 aromatic rings. The van der Waals surface area contributed by atoms with E-state index in [0.29, 0.717) is 5.92 Å². The maximum Gasteiger partial charge on any atom is 0.119 e. The van der Waals surface area contributed by atoms with Crippen LogP contribution in [0, 0.1) is 23.2 Å². The third-order valence-electron chi connectivity index (χ3n) is 4.34. The summed E-state index contributed by atoms with van der Waals surface area (Å²) in [7, 11) is 2.12. The van der Waals surface area contributed by atoms with E-state index in [1.807, 2.05) is 0 Å². The molecule has 2 aliphatic rings. The molecular weight excluding hydrogens is 210 g/mol. The van der Waals surface area contributed by atoms with Crippen molar-refractivity contribution in [3.05, 3.63) is 0 Å². The average molecular weight is 235 g/mol. The zero-order valence-electron chi connectivity index (χ0n) is 11.0. The molecule has 0 spiro atoms. The Kier molecular flexibility index (Phi) is 4.06. The predicted octanol–water partition coefficient (Wildman–Crippen LogP) is 2.13. The second kappa shape index (κ2) is 5.37. The molecule has 0 aromatic heterocycles. The predicted molar refractivity (Wildman–Crippen MR) is 69.3 cm³/mol. The van der Waals surface area contributed by atoms with Gasteiger partial charge in [0.2, 0.25) is 0 Å². The summed E-state index contributed by atoms with van der Waals surface area (Å²) in [5.41, 5.74) is 5.61. The van der Waals surface area contributed by atoms with Crippen molar-refractivity contribution in [2.45, 2.75) is 50.5 Å². The number of hydrogen-bond donors (Lipinski definition) is 1. The van der Waals surface area contributed by atoms with Crippen LogP contribution in [-0.2, 0) is 0 Å². The summed E-state index contributed by atoms with van der Waals surface area (Å²) in [5.74, 6) is 1.28. The summed E-state index contributed by atoms with van der Waals surface area (Å²) >= 11 is 0. The summed E-state index contributed by atoms with van der Waals surface area (Å²) in [5, 5.41) is 9.25. The summed E-state index contributed by atoms with van der Waals surface area (Å²) in [6, 6.07) is 2.34. The van der Waals surface area contributed by atoms with Crippen LogP contribution in [0.3, 0.4) is 0 Å². The molecule has 0 saturated heterocycles. The van der Waals surface area contributed by atoms with Gasteiger partial charge in [0.05, 0.1) is 6.07 Å². The molecule has 96 valence electrons. The standard InChI is InChI=1S/C14H25N3/c1-17(9-12-5-3-2-4-6-12)11-14(16,10-15)13-7-8-13/h12-13H,2-9,11,16H2,1H3. The summed E-state index contributed by atoms with van der Waals surface area (Å²) < 4.78 is 0. The Labute approximate surface area is 105 Å². The van der Waals surface area contributed by atoms with E-state index in [1.54, 1.807) is 0 Å². The molecule has 1 unspecified atom stereocenters. The zero-order valence-corrected chi connectivity index (χ0v) is 11.0. The van der Waals surface area contributed by atoms with Gasteiger partial charge in [-0.25, -0.2) is 0 Å². The van der Waals surface area contributed by atoms with Crippen LogP contribution in [0.15, 0.2) is 0 Å². The normalized spacial score (nSPS) is 25.5. The van der Waals surface area contributed by atoms with Gasteiger partial charge in [-0.1, -0.05) is 19.3 Å². The van der Waals surface area contributed by atoms with Crippen LogP contribution in [0.4, 0.5) is 0 Å². The van der Waals surface area contributed by atoms with Crippen molar-refractivity contribution < 1.29 is 0 Å². The highest BCUT2D eigenvalue weighted by molar-refractivity contribution is 5.14. The number of hydrogen-bond acceptors (Lipinski definition) is 3. The molecule has 2 rings (SSSR count). The highest BCUT2D eigenvalue weighted by Crippen LogP contribution is 2.38. The van der Waals surface area contributed by atoms with Gasteiger partial charge in [0.25, 0.3) is 0 Å². The third-order valence-corrected chi connectivity index (χ3v) is 4.34. The molecule has 0 aromatic carbocycles. The molecule has 3 nitrogen and oxygen atoms in total. The fourth-order valence-electron chi connectivity index (χ4n) is 3.18. The summed E-state index contributed by atoms with van der Waals surface area (Å²) in [6.07, 6.45) is 9.17. The molecule has 2 fully saturated rings. The average Bonchev–Trinajstić information content (AvgIpc) is 3.14. The third kappa shape index (κ3) is 3.43. The lowest BCUT2D eigenvalue weighted by Gasteiger charge is -2.31. The van der Waals surface area contributed by atoms with Gasteiger partial charge < -0.3 is 10.6 Å². The number of likely N-dealkylation sites (N-methyl/N-ethyl adjacent to an activating group) is 1. The van der Waals surface area contributed by atoms with Gasteiger partial charge in [-0.15, -0.1) is 0 Å². The number of nitrogens with two attached hydrogens (primary N) is 1. The fourth-order valence-corrected chi connectivity index (χ4v) is 3.18. The van der Waals surface area contributed by atoms with Crippen molar-refractivity contribution in [2.75, 3.05) is 20.1 Å². The Morgan fingerprint density at radius 2 is 1.88 bits per heavy atom. The molecule has 0 radical (unpaired) electrons. The van der Waals surface area contributed by atoms with Crippen molar-refractivity contribution in [3.63, 3.8) is 0 Å². The van der Waals surface area contributed by atoms with E-state index in [2.05, 4.69) is 18.0 Å². The van der Waals surface area contributed by atoms with E-state index < -0.39 is 5.54 Å². The van der Waals surface area contributed by atoms with Crippen LogP contribution >= 0.6 is 0 Å². The highest BCUT2D eigenvalue weighted by atomic mass is 15.1. The van der Waals surface area contributed by atoms with E-state index in [9.17, 15) is 5.26 Å². The molecule has 0 amide bonds. The molecule has 2 N–H and O–H groups in total. The molecule has 0 heterocycles. The van der Waals surface area contributed by atoms with Crippen LogP contribution < -0.4 is 5.73 Å². The topological polar surface area (TPSA) is 53.0 Å². The van der Waals surface area contributed by atoms with E-state index in [0.717, 1.165) is 31.8 Å².